The number of carbonyl (C=O) groups is 3. The molecule has 2 amide bonds. The predicted molar refractivity (Wildman–Crippen MR) is 153 cm³/mol. The maximum absolute atomic E-state index is 14.1. The molecule has 0 spiro atoms. The first kappa shape index (κ1) is 29.6. The van der Waals surface area contributed by atoms with Crippen LogP contribution in [0.3, 0.4) is 0 Å². The molecule has 4 rings (SSSR count). The minimum atomic E-state index is -4.32. The molecule has 0 fully saturated rings. The van der Waals surface area contributed by atoms with Gasteiger partial charge in [0, 0.05) is 18.1 Å². The molecule has 2 N–H and O–H groups in total. The van der Waals surface area contributed by atoms with Gasteiger partial charge in [-0.15, -0.1) is 0 Å². The Kier molecular flexibility index (Phi) is 8.86. The SMILES string of the molecule is COC(=O)C(CC1=CCN(C)CC1)NC(=O)CC1C(=O)Nc2ccccc2N1S(=O)(=O)c1cc(C)c(Cl)cc1C. The molecule has 10 nitrogen and oxygen atoms in total. The van der Waals surface area contributed by atoms with E-state index in [1.165, 1.54) is 13.2 Å². The van der Waals surface area contributed by atoms with Gasteiger partial charge in [0.1, 0.15) is 12.1 Å². The lowest BCUT2D eigenvalue weighted by molar-refractivity contribution is -0.145. The Balaban J connectivity index is 1.66. The molecular weight excluding hydrogens is 556 g/mol. The van der Waals surface area contributed by atoms with E-state index in [0.29, 0.717) is 21.8 Å². The van der Waals surface area contributed by atoms with Gasteiger partial charge >= 0.3 is 5.97 Å². The number of aryl methyl sites for hydroxylation is 2. The fraction of sp³-hybridized carbons (Fsp3) is 0.393. The number of sulfonamides is 1. The van der Waals surface area contributed by atoms with Crippen LogP contribution in [0.15, 0.2) is 52.9 Å². The summed E-state index contributed by atoms with van der Waals surface area (Å²) in [7, 11) is -1.09. The van der Waals surface area contributed by atoms with Crippen molar-refractivity contribution in [1.29, 1.82) is 0 Å². The van der Waals surface area contributed by atoms with Crippen molar-refractivity contribution in [3.63, 3.8) is 0 Å². The molecule has 12 heteroatoms. The van der Waals surface area contributed by atoms with Crippen LogP contribution in [-0.2, 0) is 29.1 Å². The molecule has 2 aliphatic heterocycles. The first-order chi connectivity index (χ1) is 18.9. The normalized spacial score (nSPS) is 18.3. The number of para-hydroxylation sites is 2. The molecule has 2 unspecified atom stereocenters. The number of fused-ring (bicyclic) bond motifs is 1. The quantitative estimate of drug-likeness (QED) is 0.358. The summed E-state index contributed by atoms with van der Waals surface area (Å²) in [6, 6.07) is 7.12. The Morgan fingerprint density at radius 2 is 1.93 bits per heavy atom. The molecule has 40 heavy (non-hydrogen) atoms. The second kappa shape index (κ2) is 12.0. The molecule has 214 valence electrons. The number of benzene rings is 2. The number of methoxy groups -OCH3 is 1. The minimum absolute atomic E-state index is 0.0223. The van der Waals surface area contributed by atoms with Crippen LogP contribution in [0.1, 0.15) is 30.4 Å². The molecule has 2 heterocycles. The van der Waals surface area contributed by atoms with Gasteiger partial charge in [0.2, 0.25) is 11.8 Å². The molecule has 0 aromatic heterocycles. The average Bonchev–Trinajstić information content (AvgIpc) is 2.91. The molecule has 2 aromatic carbocycles. The molecule has 0 saturated carbocycles. The number of anilines is 2. The first-order valence-electron chi connectivity index (χ1n) is 12.9. The van der Waals surface area contributed by atoms with Crippen LogP contribution in [0.2, 0.25) is 5.02 Å². The van der Waals surface area contributed by atoms with Gasteiger partial charge in [0.25, 0.3) is 10.0 Å². The van der Waals surface area contributed by atoms with Gasteiger partial charge in [-0.3, -0.25) is 13.9 Å². The van der Waals surface area contributed by atoms with Crippen LogP contribution in [0, 0.1) is 13.8 Å². The third kappa shape index (κ3) is 6.16. The van der Waals surface area contributed by atoms with E-state index in [4.69, 9.17) is 16.3 Å². The van der Waals surface area contributed by atoms with Gasteiger partial charge < -0.3 is 20.3 Å². The highest BCUT2D eigenvalue weighted by molar-refractivity contribution is 7.93. The first-order valence-corrected chi connectivity index (χ1v) is 14.7. The van der Waals surface area contributed by atoms with Gasteiger partial charge in [-0.25, -0.2) is 13.2 Å². The average molecular weight is 589 g/mol. The number of hydrogen-bond donors (Lipinski definition) is 2. The molecule has 2 aromatic rings. The highest BCUT2D eigenvalue weighted by Gasteiger charge is 2.43. The highest BCUT2D eigenvalue weighted by Crippen LogP contribution is 2.38. The van der Waals surface area contributed by atoms with Crippen LogP contribution in [0.5, 0.6) is 0 Å². The number of ether oxygens (including phenoxy) is 1. The Morgan fingerprint density at radius 1 is 1.20 bits per heavy atom. The molecule has 0 aliphatic carbocycles. The van der Waals surface area contributed by atoms with Crippen LogP contribution in [0.25, 0.3) is 0 Å². The Labute approximate surface area is 239 Å². The van der Waals surface area contributed by atoms with Crippen molar-refractivity contribution in [2.75, 3.05) is 36.9 Å². The summed E-state index contributed by atoms with van der Waals surface area (Å²) >= 11 is 6.22. The van der Waals surface area contributed by atoms with E-state index in [9.17, 15) is 22.8 Å². The van der Waals surface area contributed by atoms with E-state index in [-0.39, 0.29) is 17.0 Å². The van der Waals surface area contributed by atoms with Gasteiger partial charge in [-0.05, 0) is 69.1 Å². The zero-order valence-electron chi connectivity index (χ0n) is 22.9. The second-order valence-electron chi connectivity index (χ2n) is 10.1. The van der Waals surface area contributed by atoms with E-state index in [1.54, 1.807) is 44.2 Å². The van der Waals surface area contributed by atoms with Crippen molar-refractivity contribution < 1.29 is 27.5 Å². The number of esters is 1. The summed E-state index contributed by atoms with van der Waals surface area (Å²) in [5.74, 6) is -1.94. The van der Waals surface area contributed by atoms with Gasteiger partial charge in [0.15, 0.2) is 0 Å². The van der Waals surface area contributed by atoms with Crippen molar-refractivity contribution in [2.45, 2.75) is 50.1 Å². The zero-order chi connectivity index (χ0) is 29.2. The molecule has 2 atom stereocenters. The molecule has 0 saturated heterocycles. The lowest BCUT2D eigenvalue weighted by Gasteiger charge is -2.37. The minimum Gasteiger partial charge on any atom is -0.467 e. The summed E-state index contributed by atoms with van der Waals surface area (Å²) in [6.45, 7) is 4.87. The lowest BCUT2D eigenvalue weighted by atomic mass is 9.99. The topological polar surface area (TPSA) is 125 Å². The number of likely N-dealkylation sites (N-methyl/N-ethyl adjacent to an activating group) is 1. The predicted octanol–water partition coefficient (Wildman–Crippen LogP) is 3.17. The second-order valence-corrected chi connectivity index (χ2v) is 12.3. The number of rotatable bonds is 8. The van der Waals surface area contributed by atoms with Gasteiger partial charge in [-0.2, -0.15) is 0 Å². The number of hydrogen-bond acceptors (Lipinski definition) is 7. The van der Waals surface area contributed by atoms with E-state index in [1.807, 2.05) is 13.1 Å². The van der Waals surface area contributed by atoms with Crippen molar-refractivity contribution in [2.24, 2.45) is 0 Å². The number of nitrogens with zero attached hydrogens (tertiary/aromatic N) is 2. The summed E-state index contributed by atoms with van der Waals surface area (Å²) in [4.78, 5) is 41.2. The standard InChI is InChI=1S/C28H33ClN4O6S/c1-17-14-25(18(2)13-20(17)29)40(37,38)33-23-8-6-5-7-21(23)31-27(35)24(33)16-26(34)30-22(28(36)39-4)15-19-9-11-32(3)12-10-19/h5-9,13-14,22,24H,10-12,15-16H2,1-4H3,(H,30,34)(H,31,35). The van der Waals surface area contributed by atoms with E-state index in [0.717, 1.165) is 29.4 Å². The Bertz CT molecular complexity index is 1480. The number of amides is 2. The summed E-state index contributed by atoms with van der Waals surface area (Å²) in [5.41, 5.74) is 2.50. The zero-order valence-corrected chi connectivity index (χ0v) is 24.4. The Morgan fingerprint density at radius 3 is 2.60 bits per heavy atom. The third-order valence-electron chi connectivity index (χ3n) is 7.15. The van der Waals surface area contributed by atoms with Gasteiger partial charge in [-0.1, -0.05) is 35.4 Å². The van der Waals surface area contributed by atoms with Crippen LogP contribution in [0.4, 0.5) is 11.4 Å². The van der Waals surface area contributed by atoms with Crippen molar-refractivity contribution >= 4 is 50.8 Å². The largest absolute Gasteiger partial charge is 0.467 e. The smallest absolute Gasteiger partial charge is 0.328 e. The van der Waals surface area contributed by atoms with E-state index in [2.05, 4.69) is 15.5 Å². The fourth-order valence-electron chi connectivity index (χ4n) is 4.90. The molecule has 2 aliphatic rings. The highest BCUT2D eigenvalue weighted by atomic mass is 35.5. The number of nitrogens with one attached hydrogen (secondary N) is 2. The number of carbonyl (C=O) groups excluding carboxylic acids is 3. The van der Waals surface area contributed by atoms with E-state index >= 15 is 0 Å². The molecule has 0 radical (unpaired) electrons. The molecule has 0 bridgehead atoms. The summed E-state index contributed by atoms with van der Waals surface area (Å²) in [6.07, 6.45) is 2.51. The van der Waals surface area contributed by atoms with Crippen molar-refractivity contribution in [1.82, 2.24) is 10.2 Å². The van der Waals surface area contributed by atoms with Crippen molar-refractivity contribution in [3.05, 3.63) is 64.2 Å². The molecular formula is C28H33ClN4O6S. The summed E-state index contributed by atoms with van der Waals surface area (Å²) < 4.78 is 34.1. The van der Waals surface area contributed by atoms with Crippen molar-refractivity contribution in [3.8, 4) is 0 Å². The number of halogens is 1. The van der Waals surface area contributed by atoms with Gasteiger partial charge in [0.05, 0.1) is 29.8 Å². The third-order valence-corrected chi connectivity index (χ3v) is 9.52. The maximum Gasteiger partial charge on any atom is 0.328 e. The fourth-order valence-corrected chi connectivity index (χ4v) is 7.04. The maximum atomic E-state index is 14.1. The van der Waals surface area contributed by atoms with Crippen LogP contribution >= 0.6 is 11.6 Å². The van der Waals surface area contributed by atoms with Crippen LogP contribution < -0.4 is 14.9 Å². The van der Waals surface area contributed by atoms with Crippen LogP contribution in [-0.4, -0.2) is 70.4 Å². The monoisotopic (exact) mass is 588 g/mol. The van der Waals surface area contributed by atoms with E-state index < -0.39 is 46.3 Å². The summed E-state index contributed by atoms with van der Waals surface area (Å²) in [5, 5.41) is 5.80. The Hall–Kier alpha value is -3.41. The lowest BCUT2D eigenvalue weighted by Crippen LogP contribution is -2.54.